The first-order valence-corrected chi connectivity index (χ1v) is 19.2. The maximum Gasteiger partial charge on any atom is 0.321 e. The molecule has 2 heterocycles. The molecule has 52 heavy (non-hydrogen) atoms. The number of benzene rings is 3. The van der Waals surface area contributed by atoms with Gasteiger partial charge in [0, 0.05) is 32.7 Å². The fourth-order valence-corrected chi connectivity index (χ4v) is 8.28. The van der Waals surface area contributed by atoms with Crippen LogP contribution in [0.15, 0.2) is 89.2 Å². The quantitative estimate of drug-likeness (QED) is 0.122. The molecule has 0 aliphatic carbocycles. The Hall–Kier alpha value is -4.66. The number of imidazole rings is 1. The summed E-state index contributed by atoms with van der Waals surface area (Å²) in [5.41, 5.74) is 4.10. The highest BCUT2D eigenvalue weighted by Crippen LogP contribution is 2.25. The molecular formula is C38H49N7O6S. The molecule has 1 saturated heterocycles. The third kappa shape index (κ3) is 9.22. The highest BCUT2D eigenvalue weighted by molar-refractivity contribution is 7.89. The number of hydrogen-bond acceptors (Lipinski definition) is 8. The van der Waals surface area contributed by atoms with Gasteiger partial charge in [0.1, 0.15) is 12.6 Å². The fourth-order valence-electron chi connectivity index (χ4n) is 6.66. The van der Waals surface area contributed by atoms with Crippen molar-refractivity contribution < 1.29 is 23.1 Å². The number of carbonyl (C=O) groups is 2. The van der Waals surface area contributed by atoms with Gasteiger partial charge in [-0.1, -0.05) is 87.8 Å². The molecule has 0 radical (unpaired) electrons. The molecule has 4 aromatic rings. The van der Waals surface area contributed by atoms with Crippen LogP contribution < -0.4 is 5.32 Å². The van der Waals surface area contributed by atoms with Gasteiger partial charge in [-0.05, 0) is 59.2 Å². The standard InChI is InChI=1S/C38H49N7O6S/c1-5-27(4)36(45-18-17-43(38(45)48)23-30-13-16-32-33(20-30)40-25-39-32)37(47)42-34(19-28-9-7-6-8-10-28)35(46)24-44(22-26(2)3)52(50,51)31-14-11-29(12-15-31)21-41-49/h6-16,20,25-27,34-36,46H,5,17-19,21-24H2,1-4H3,(H,39,40)(H,42,47)/t27-,34-,35+,36-/m0/s1. The number of aliphatic hydroxyl groups excluding tert-OH is 1. The molecule has 278 valence electrons. The van der Waals surface area contributed by atoms with E-state index >= 15 is 0 Å². The first-order valence-electron chi connectivity index (χ1n) is 17.8. The molecule has 0 saturated carbocycles. The summed E-state index contributed by atoms with van der Waals surface area (Å²) in [4.78, 5) is 49.6. The minimum Gasteiger partial charge on any atom is -0.390 e. The van der Waals surface area contributed by atoms with Crippen LogP contribution in [-0.2, 0) is 34.3 Å². The highest BCUT2D eigenvalue weighted by Gasteiger charge is 2.41. The highest BCUT2D eigenvalue weighted by atomic mass is 32.2. The van der Waals surface area contributed by atoms with Crippen LogP contribution in [0.25, 0.3) is 11.0 Å². The van der Waals surface area contributed by atoms with Gasteiger partial charge in [0.05, 0.1) is 34.4 Å². The summed E-state index contributed by atoms with van der Waals surface area (Å²) in [5.74, 6) is -0.668. The number of aromatic nitrogens is 2. The van der Waals surface area contributed by atoms with E-state index in [-0.39, 0.29) is 48.8 Å². The first-order chi connectivity index (χ1) is 24.9. The molecule has 3 N–H and O–H groups in total. The minimum atomic E-state index is -4.06. The van der Waals surface area contributed by atoms with E-state index in [4.69, 9.17) is 0 Å². The summed E-state index contributed by atoms with van der Waals surface area (Å²) in [5, 5.41) is 17.8. The lowest BCUT2D eigenvalue weighted by Gasteiger charge is -2.35. The second kappa shape index (κ2) is 17.2. The Bertz CT molecular complexity index is 1920. The Balaban J connectivity index is 1.37. The predicted octanol–water partition coefficient (Wildman–Crippen LogP) is 4.92. The zero-order chi connectivity index (χ0) is 37.4. The average molecular weight is 732 g/mol. The molecule has 0 bridgehead atoms. The van der Waals surface area contributed by atoms with Crippen molar-refractivity contribution >= 4 is 33.0 Å². The molecule has 0 spiro atoms. The Morgan fingerprint density at radius 3 is 2.38 bits per heavy atom. The van der Waals surface area contributed by atoms with Crippen LogP contribution in [0.2, 0.25) is 0 Å². The van der Waals surface area contributed by atoms with E-state index in [1.807, 2.05) is 76.2 Å². The number of fused-ring (bicyclic) bond motifs is 1. The number of amides is 3. The minimum absolute atomic E-state index is 0.0251. The van der Waals surface area contributed by atoms with E-state index in [1.54, 1.807) is 28.3 Å². The van der Waals surface area contributed by atoms with Crippen LogP contribution in [0.3, 0.4) is 0 Å². The summed E-state index contributed by atoms with van der Waals surface area (Å²) >= 11 is 0. The van der Waals surface area contributed by atoms with Crippen LogP contribution in [0.1, 0.15) is 50.8 Å². The number of aromatic amines is 1. The normalized spacial score (nSPS) is 16.0. The fraction of sp³-hybridized carbons (Fsp3) is 0.447. The van der Waals surface area contributed by atoms with E-state index < -0.39 is 34.1 Å². The molecule has 13 nitrogen and oxygen atoms in total. The van der Waals surface area contributed by atoms with Crippen molar-refractivity contribution in [3.05, 3.63) is 101 Å². The van der Waals surface area contributed by atoms with Gasteiger partial charge in [-0.2, -0.15) is 9.21 Å². The Kier molecular flexibility index (Phi) is 12.8. The number of rotatable bonds is 18. The van der Waals surface area contributed by atoms with Gasteiger partial charge < -0.3 is 25.2 Å². The summed E-state index contributed by atoms with van der Waals surface area (Å²) in [6, 6.07) is 19.2. The number of urea groups is 1. The number of nitrogens with zero attached hydrogens (tertiary/aromatic N) is 5. The number of carbonyl (C=O) groups excluding carboxylic acids is 2. The topological polar surface area (TPSA) is 168 Å². The Morgan fingerprint density at radius 2 is 1.71 bits per heavy atom. The lowest BCUT2D eigenvalue weighted by Crippen LogP contribution is -2.57. The molecular weight excluding hydrogens is 683 g/mol. The first kappa shape index (κ1) is 38.6. The van der Waals surface area contributed by atoms with E-state index in [2.05, 4.69) is 20.5 Å². The number of nitroso groups, excluding NO2 is 1. The Labute approximate surface area is 305 Å². The summed E-state index contributed by atoms with van der Waals surface area (Å²) in [6.45, 7) is 8.65. The van der Waals surface area contributed by atoms with Gasteiger partial charge in [-0.3, -0.25) is 4.79 Å². The summed E-state index contributed by atoms with van der Waals surface area (Å²) in [6.07, 6.45) is 1.20. The van der Waals surface area contributed by atoms with Crippen molar-refractivity contribution in [3.8, 4) is 0 Å². The number of sulfonamides is 1. The molecule has 1 aliphatic heterocycles. The van der Waals surface area contributed by atoms with Crippen molar-refractivity contribution in [2.24, 2.45) is 17.0 Å². The van der Waals surface area contributed by atoms with Crippen molar-refractivity contribution in [2.75, 3.05) is 26.2 Å². The maximum absolute atomic E-state index is 14.3. The Morgan fingerprint density at radius 1 is 1.00 bits per heavy atom. The number of hydrogen-bond donors (Lipinski definition) is 3. The molecule has 1 aliphatic rings. The monoisotopic (exact) mass is 731 g/mol. The third-order valence-corrected chi connectivity index (χ3v) is 11.5. The second-order valence-corrected chi connectivity index (χ2v) is 15.9. The molecule has 5 rings (SSSR count). The van der Waals surface area contributed by atoms with Crippen molar-refractivity contribution in [1.82, 2.24) is 29.4 Å². The average Bonchev–Trinajstić information content (AvgIpc) is 3.74. The van der Waals surface area contributed by atoms with Crippen LogP contribution in [0.4, 0.5) is 4.79 Å². The molecule has 4 atom stereocenters. The number of nitrogens with one attached hydrogen (secondary N) is 2. The second-order valence-electron chi connectivity index (χ2n) is 14.0. The molecule has 14 heteroatoms. The van der Waals surface area contributed by atoms with Gasteiger partial charge in [0.25, 0.3) is 0 Å². The molecule has 1 aromatic heterocycles. The molecule has 1 fully saturated rings. The number of H-pyrrole nitrogens is 1. The lowest BCUT2D eigenvalue weighted by molar-refractivity contribution is -0.128. The van der Waals surface area contributed by atoms with Gasteiger partial charge in [-0.15, -0.1) is 0 Å². The van der Waals surface area contributed by atoms with Gasteiger partial charge >= 0.3 is 6.03 Å². The predicted molar refractivity (Wildman–Crippen MR) is 199 cm³/mol. The van der Waals surface area contributed by atoms with E-state index in [9.17, 15) is 28.0 Å². The number of aliphatic hydroxyl groups is 1. The van der Waals surface area contributed by atoms with Gasteiger partial charge in [0.15, 0.2) is 0 Å². The summed E-state index contributed by atoms with van der Waals surface area (Å²) < 4.78 is 29.1. The van der Waals surface area contributed by atoms with Crippen LogP contribution in [0.5, 0.6) is 0 Å². The van der Waals surface area contributed by atoms with Crippen molar-refractivity contribution in [2.45, 2.75) is 76.7 Å². The maximum atomic E-state index is 14.3. The largest absolute Gasteiger partial charge is 0.390 e. The smallest absolute Gasteiger partial charge is 0.321 e. The zero-order valence-electron chi connectivity index (χ0n) is 30.2. The van der Waals surface area contributed by atoms with E-state index in [0.717, 1.165) is 22.2 Å². The molecule has 3 amide bonds. The lowest BCUT2D eigenvalue weighted by atomic mass is 9.95. The van der Waals surface area contributed by atoms with E-state index in [1.165, 1.54) is 16.4 Å². The molecule has 3 aromatic carbocycles. The van der Waals surface area contributed by atoms with Crippen molar-refractivity contribution in [3.63, 3.8) is 0 Å². The SMILES string of the molecule is CC[C@H](C)[C@@H](C(=O)N[C@@H](Cc1ccccc1)[C@H](O)CN(CC(C)C)S(=O)(=O)c1ccc(CN=O)cc1)N1CCN(Cc2ccc3nc[nH]c3c2)C1=O. The van der Waals surface area contributed by atoms with Crippen LogP contribution in [-0.4, -0.2) is 93.9 Å². The molecule has 0 unspecified atom stereocenters. The van der Waals surface area contributed by atoms with Gasteiger partial charge in [0.2, 0.25) is 15.9 Å². The van der Waals surface area contributed by atoms with Crippen LogP contribution >= 0.6 is 0 Å². The van der Waals surface area contributed by atoms with Crippen molar-refractivity contribution in [1.29, 1.82) is 0 Å². The summed E-state index contributed by atoms with van der Waals surface area (Å²) in [7, 11) is -4.06. The van der Waals surface area contributed by atoms with Crippen LogP contribution in [0, 0.1) is 16.7 Å². The zero-order valence-corrected chi connectivity index (χ0v) is 31.0. The van der Waals surface area contributed by atoms with Gasteiger partial charge in [-0.25, -0.2) is 18.2 Å². The van der Waals surface area contributed by atoms with E-state index in [0.29, 0.717) is 31.6 Å². The third-order valence-electron chi connectivity index (χ3n) is 9.63.